The van der Waals surface area contributed by atoms with E-state index in [9.17, 15) is 19.2 Å². The highest BCUT2D eigenvalue weighted by atomic mass is 16.6. The highest BCUT2D eigenvalue weighted by molar-refractivity contribution is 6.06. The van der Waals surface area contributed by atoms with Gasteiger partial charge >= 0.3 is 5.97 Å². The summed E-state index contributed by atoms with van der Waals surface area (Å²) >= 11 is 0. The summed E-state index contributed by atoms with van der Waals surface area (Å²) in [4.78, 5) is 48.8. The van der Waals surface area contributed by atoms with Gasteiger partial charge in [-0.25, -0.2) is 4.79 Å². The summed E-state index contributed by atoms with van der Waals surface area (Å²) in [5, 5.41) is 14.3. The molecule has 3 rings (SSSR count). The first kappa shape index (κ1) is 29.5. The van der Waals surface area contributed by atoms with Crippen molar-refractivity contribution in [1.29, 1.82) is 0 Å². The molecule has 210 valence electrons. The van der Waals surface area contributed by atoms with Gasteiger partial charge < -0.3 is 34.3 Å². The molecule has 3 amide bonds. The van der Waals surface area contributed by atoms with Crippen LogP contribution in [0.4, 0.5) is 5.69 Å². The third-order valence-electron chi connectivity index (χ3n) is 6.24. The molecule has 1 saturated heterocycles. The van der Waals surface area contributed by atoms with Crippen LogP contribution in [-0.2, 0) is 39.9 Å². The van der Waals surface area contributed by atoms with Crippen LogP contribution >= 0.6 is 0 Å². The number of carbonyl (C=O) groups is 4. The van der Waals surface area contributed by atoms with E-state index in [0.29, 0.717) is 58.2 Å². The maximum Gasteiger partial charge on any atom is 0.329 e. The number of anilines is 1. The number of nitrogens with zero attached hydrogens (tertiary/aromatic N) is 1. The molecule has 12 nitrogen and oxygen atoms in total. The lowest BCUT2D eigenvalue weighted by atomic mass is 10.0. The van der Waals surface area contributed by atoms with Crippen LogP contribution in [0.3, 0.4) is 0 Å². The first-order valence-electron chi connectivity index (χ1n) is 13.0. The van der Waals surface area contributed by atoms with Gasteiger partial charge in [0, 0.05) is 35.8 Å². The molecule has 38 heavy (non-hydrogen) atoms. The first-order chi connectivity index (χ1) is 18.4. The van der Waals surface area contributed by atoms with E-state index in [0.717, 1.165) is 24.1 Å². The summed E-state index contributed by atoms with van der Waals surface area (Å²) in [5.41, 5.74) is 2.26. The van der Waals surface area contributed by atoms with Crippen LogP contribution < -0.4 is 10.6 Å². The van der Waals surface area contributed by atoms with E-state index in [-0.39, 0.29) is 37.5 Å². The van der Waals surface area contributed by atoms with Crippen LogP contribution in [0.2, 0.25) is 0 Å². The monoisotopic (exact) mass is 535 g/mol. The average molecular weight is 536 g/mol. The smallest absolute Gasteiger partial charge is 0.329 e. The molecular formula is C26H37N3O9. The summed E-state index contributed by atoms with van der Waals surface area (Å²) in [6, 6.07) is 4.90. The van der Waals surface area contributed by atoms with E-state index in [1.165, 1.54) is 0 Å². The van der Waals surface area contributed by atoms with Gasteiger partial charge in [0.1, 0.15) is 12.6 Å². The van der Waals surface area contributed by atoms with Crippen molar-refractivity contribution in [1.82, 2.24) is 10.2 Å². The Balaban J connectivity index is 1.40. The summed E-state index contributed by atoms with van der Waals surface area (Å²) in [5.74, 6) is -1.94. The lowest BCUT2D eigenvalue weighted by Gasteiger charge is -2.29. The quantitative estimate of drug-likeness (QED) is 0.184. The van der Waals surface area contributed by atoms with Crippen LogP contribution in [0.25, 0.3) is 0 Å². The lowest BCUT2D eigenvalue weighted by Crippen LogP contribution is -2.52. The van der Waals surface area contributed by atoms with Gasteiger partial charge in [0.05, 0.1) is 46.2 Å². The van der Waals surface area contributed by atoms with Crippen LogP contribution in [0.5, 0.6) is 0 Å². The number of imide groups is 1. The topological polar surface area (TPSA) is 153 Å². The number of carboxylic acids is 1. The first-order valence-corrected chi connectivity index (χ1v) is 13.0. The van der Waals surface area contributed by atoms with Crippen molar-refractivity contribution >= 4 is 29.4 Å². The van der Waals surface area contributed by atoms with Crippen molar-refractivity contribution in [2.75, 3.05) is 58.2 Å². The standard InChI is InChI=1S/C26H37N3O9/c1-2-4-18(16-37-13-11-35-9-10-36-12-14-38-17-24(31)32)27-21-6-3-5-19-20(21)15-29(26(19)34)22-7-8-23(30)28-25(22)33/h3,5-6,18,22,27H,2,4,7-17H2,1H3,(H,31,32)(H,28,30,33). The number of piperidine rings is 1. The highest BCUT2D eigenvalue weighted by Gasteiger charge is 2.39. The number of hydrogen-bond donors (Lipinski definition) is 3. The number of amides is 3. The fourth-order valence-corrected chi connectivity index (χ4v) is 4.43. The molecule has 0 spiro atoms. The van der Waals surface area contributed by atoms with Crippen molar-refractivity contribution in [2.24, 2.45) is 0 Å². The van der Waals surface area contributed by atoms with Crippen molar-refractivity contribution in [2.45, 2.75) is 51.2 Å². The van der Waals surface area contributed by atoms with Gasteiger partial charge in [-0.1, -0.05) is 19.4 Å². The van der Waals surface area contributed by atoms with Crippen LogP contribution in [-0.4, -0.2) is 98.6 Å². The SMILES string of the molecule is CCCC(COCCOCCOCCOCC(=O)O)Nc1cccc2c1CN(C1CCC(=O)NC1=O)C2=O. The Morgan fingerprint density at radius 2 is 1.76 bits per heavy atom. The van der Waals surface area contributed by atoms with Crippen LogP contribution in [0.1, 0.15) is 48.5 Å². The summed E-state index contributed by atoms with van der Waals surface area (Å²) in [6.07, 6.45) is 2.36. The molecule has 1 fully saturated rings. The number of rotatable bonds is 18. The molecule has 2 aliphatic rings. The molecule has 2 unspecified atom stereocenters. The van der Waals surface area contributed by atoms with Gasteiger partial charge in [-0.15, -0.1) is 0 Å². The second kappa shape index (κ2) is 15.4. The second-order valence-electron chi connectivity index (χ2n) is 9.11. The fourth-order valence-electron chi connectivity index (χ4n) is 4.43. The second-order valence-corrected chi connectivity index (χ2v) is 9.11. The number of hydrogen-bond acceptors (Lipinski definition) is 9. The van der Waals surface area contributed by atoms with Gasteiger partial charge in [0.15, 0.2) is 0 Å². The Hall–Kier alpha value is -3.06. The van der Waals surface area contributed by atoms with E-state index in [1.807, 2.05) is 12.1 Å². The van der Waals surface area contributed by atoms with Crippen LogP contribution in [0.15, 0.2) is 18.2 Å². The largest absolute Gasteiger partial charge is 0.480 e. The number of aliphatic carboxylic acids is 1. The highest BCUT2D eigenvalue weighted by Crippen LogP contribution is 2.32. The molecule has 2 aliphatic heterocycles. The van der Waals surface area contributed by atoms with Crippen molar-refractivity contribution in [3.05, 3.63) is 29.3 Å². The van der Waals surface area contributed by atoms with E-state index in [4.69, 9.17) is 24.1 Å². The normalized spacial score (nSPS) is 17.9. The molecule has 0 saturated carbocycles. The minimum Gasteiger partial charge on any atom is -0.480 e. The number of ether oxygens (including phenoxy) is 4. The molecule has 2 heterocycles. The molecule has 0 bridgehead atoms. The zero-order valence-corrected chi connectivity index (χ0v) is 21.7. The minimum absolute atomic E-state index is 0.0281. The minimum atomic E-state index is -1.01. The number of nitrogens with one attached hydrogen (secondary N) is 2. The molecule has 0 radical (unpaired) electrons. The van der Waals surface area contributed by atoms with Gasteiger partial charge in [-0.3, -0.25) is 19.7 Å². The van der Waals surface area contributed by atoms with E-state index in [1.54, 1.807) is 11.0 Å². The molecule has 3 N–H and O–H groups in total. The summed E-state index contributed by atoms with van der Waals surface area (Å²) in [6.45, 7) is 4.65. The Labute approximate surface area is 221 Å². The van der Waals surface area contributed by atoms with Gasteiger partial charge in [-0.05, 0) is 25.0 Å². The van der Waals surface area contributed by atoms with E-state index >= 15 is 0 Å². The summed E-state index contributed by atoms with van der Waals surface area (Å²) in [7, 11) is 0. The molecule has 2 atom stereocenters. The average Bonchev–Trinajstić information content (AvgIpc) is 3.21. The van der Waals surface area contributed by atoms with Crippen molar-refractivity contribution in [3.63, 3.8) is 0 Å². The lowest BCUT2D eigenvalue weighted by molar-refractivity contribution is -0.143. The Kier molecular flexibility index (Phi) is 11.9. The number of benzene rings is 1. The number of carbonyl (C=O) groups excluding carboxylic acids is 3. The van der Waals surface area contributed by atoms with E-state index in [2.05, 4.69) is 17.6 Å². The molecule has 12 heteroatoms. The maximum absolute atomic E-state index is 13.1. The van der Waals surface area contributed by atoms with Crippen molar-refractivity contribution < 1.29 is 43.2 Å². The number of carboxylic acid groups (broad SMARTS) is 1. The zero-order valence-electron chi connectivity index (χ0n) is 21.7. The predicted molar refractivity (Wildman–Crippen MR) is 136 cm³/mol. The third kappa shape index (κ3) is 8.76. The summed E-state index contributed by atoms with van der Waals surface area (Å²) < 4.78 is 21.5. The van der Waals surface area contributed by atoms with Crippen molar-refractivity contribution in [3.8, 4) is 0 Å². The molecular weight excluding hydrogens is 498 g/mol. The third-order valence-corrected chi connectivity index (χ3v) is 6.24. The predicted octanol–water partition coefficient (Wildman–Crippen LogP) is 1.18. The van der Waals surface area contributed by atoms with Crippen LogP contribution in [0, 0.1) is 0 Å². The Morgan fingerprint density at radius 1 is 1.08 bits per heavy atom. The van der Waals surface area contributed by atoms with Gasteiger partial charge in [0.25, 0.3) is 5.91 Å². The van der Waals surface area contributed by atoms with Gasteiger partial charge in [0.2, 0.25) is 11.8 Å². The Bertz CT molecular complexity index is 971. The zero-order chi connectivity index (χ0) is 27.3. The fraction of sp³-hybridized carbons (Fsp3) is 0.615. The molecule has 1 aromatic rings. The van der Waals surface area contributed by atoms with Gasteiger partial charge in [-0.2, -0.15) is 0 Å². The molecule has 0 aromatic heterocycles. The Morgan fingerprint density at radius 3 is 2.42 bits per heavy atom. The van der Waals surface area contributed by atoms with E-state index < -0.39 is 17.9 Å². The molecule has 0 aliphatic carbocycles. The molecule has 1 aromatic carbocycles. The maximum atomic E-state index is 13.1. The number of fused-ring (bicyclic) bond motifs is 1.